The maximum absolute atomic E-state index is 15.7. The molecule has 1 amide bonds. The Labute approximate surface area is 270 Å². The Morgan fingerprint density at radius 3 is 1.76 bits per heavy atom. The van der Waals surface area contributed by atoms with E-state index in [-0.39, 0.29) is 5.56 Å². The van der Waals surface area contributed by atoms with Gasteiger partial charge in [0.1, 0.15) is 0 Å². The van der Waals surface area contributed by atoms with Crippen LogP contribution in [0.5, 0.6) is 0 Å². The van der Waals surface area contributed by atoms with Gasteiger partial charge < -0.3 is 19.1 Å². The van der Waals surface area contributed by atoms with Gasteiger partial charge in [0.25, 0.3) is 5.91 Å². The molecule has 4 aromatic rings. The summed E-state index contributed by atoms with van der Waals surface area (Å²) in [5.41, 5.74) is 4.11. The molecule has 46 heavy (non-hydrogen) atoms. The van der Waals surface area contributed by atoms with Crippen LogP contribution in [0.1, 0.15) is 27.3 Å². The van der Waals surface area contributed by atoms with E-state index < -0.39 is 20.8 Å². The van der Waals surface area contributed by atoms with Crippen LogP contribution < -0.4 is 20.8 Å². The quantitative estimate of drug-likeness (QED) is 0.235. The van der Waals surface area contributed by atoms with Gasteiger partial charge in [0.15, 0.2) is 0 Å². The maximum atomic E-state index is 15.7. The first kappa shape index (κ1) is 32.5. The molecule has 2 fully saturated rings. The van der Waals surface area contributed by atoms with E-state index in [1.807, 2.05) is 120 Å². The SMILES string of the molecule is Cc1ccc(-n2c(C)c(C(=O)NP(=O)(N3CCOCC3)N3CCOCC3)c(P(=O)(Nc3ccccc3)c3ccccc3)c2C)cc1. The number of carbonyl (C=O) groups excluding carboxylic acids is 1. The van der Waals surface area contributed by atoms with Crippen LogP contribution in [0.15, 0.2) is 84.9 Å². The zero-order chi connectivity index (χ0) is 32.3. The normalized spacial score (nSPS) is 17.7. The summed E-state index contributed by atoms with van der Waals surface area (Å²) in [4.78, 5) is 14.8. The number of carbonyl (C=O) groups is 1. The molecule has 242 valence electrons. The second-order valence-corrected chi connectivity index (χ2v) is 16.5. The highest BCUT2D eigenvalue weighted by Gasteiger charge is 2.44. The number of nitrogens with one attached hydrogen (secondary N) is 2. The first-order valence-electron chi connectivity index (χ1n) is 15.6. The van der Waals surface area contributed by atoms with Crippen LogP contribution in [0.3, 0.4) is 0 Å². The Hall–Kier alpha value is -3.49. The number of benzene rings is 3. The van der Waals surface area contributed by atoms with Gasteiger partial charge in [-0.2, -0.15) is 0 Å². The van der Waals surface area contributed by atoms with Crippen molar-refractivity contribution >= 4 is 37.1 Å². The Kier molecular flexibility index (Phi) is 9.67. The Balaban J connectivity index is 1.55. The van der Waals surface area contributed by atoms with E-state index in [1.54, 1.807) is 0 Å². The van der Waals surface area contributed by atoms with Crippen LogP contribution in [0.2, 0.25) is 0 Å². The van der Waals surface area contributed by atoms with Crippen LogP contribution in [0.4, 0.5) is 5.69 Å². The van der Waals surface area contributed by atoms with Gasteiger partial charge in [0, 0.05) is 54.2 Å². The summed E-state index contributed by atoms with van der Waals surface area (Å²) in [6, 6.07) is 26.6. The number of aryl methyl sites for hydroxylation is 1. The first-order valence-corrected chi connectivity index (χ1v) is 18.9. The second-order valence-electron chi connectivity index (χ2n) is 11.6. The van der Waals surface area contributed by atoms with Crippen molar-refractivity contribution in [3.8, 4) is 5.69 Å². The minimum Gasteiger partial charge on any atom is -0.379 e. The van der Waals surface area contributed by atoms with E-state index in [9.17, 15) is 4.79 Å². The van der Waals surface area contributed by atoms with Crippen molar-refractivity contribution in [2.45, 2.75) is 20.8 Å². The fourth-order valence-electron chi connectivity index (χ4n) is 6.30. The van der Waals surface area contributed by atoms with E-state index in [0.29, 0.717) is 80.3 Å². The molecule has 2 aliphatic rings. The highest BCUT2D eigenvalue weighted by atomic mass is 31.2. The molecule has 1 aromatic heterocycles. The maximum Gasteiger partial charge on any atom is 0.311 e. The minimum atomic E-state index is -3.73. The number of morpholine rings is 2. The summed E-state index contributed by atoms with van der Waals surface area (Å²) < 4.78 is 47.6. The number of hydrogen-bond donors (Lipinski definition) is 2. The monoisotopic (exact) mass is 661 g/mol. The van der Waals surface area contributed by atoms with Crippen molar-refractivity contribution in [3.63, 3.8) is 0 Å². The zero-order valence-corrected chi connectivity index (χ0v) is 28.3. The lowest BCUT2D eigenvalue weighted by molar-refractivity contribution is 0.0505. The second kappa shape index (κ2) is 13.7. The van der Waals surface area contributed by atoms with Crippen molar-refractivity contribution < 1.29 is 23.4 Å². The van der Waals surface area contributed by atoms with Gasteiger partial charge in [-0.1, -0.05) is 54.1 Å². The van der Waals surface area contributed by atoms with Crippen molar-refractivity contribution in [2.24, 2.45) is 0 Å². The van der Waals surface area contributed by atoms with E-state index >= 15 is 9.13 Å². The van der Waals surface area contributed by atoms with Gasteiger partial charge in [-0.05, 0) is 57.2 Å². The molecule has 3 aromatic carbocycles. The summed E-state index contributed by atoms with van der Waals surface area (Å²) in [5.74, 6) is -0.534. The molecule has 6 rings (SSSR count). The number of para-hydroxylation sites is 1. The standard InChI is InChI=1S/C34H41N5O5P2/c1-26-14-16-30(17-15-26)39-27(2)32(34(40)36-46(42,37-18-22-43-23-19-37)38-20-24-44-25-21-38)33(28(39)3)45(41,31-12-8-5-9-13-31)35-29-10-6-4-7-11-29/h4-17H,18-25H2,1-3H3,(H,35,41)(H,36,40,42). The summed E-state index contributed by atoms with van der Waals surface area (Å²) in [6.07, 6.45) is 0. The predicted molar refractivity (Wildman–Crippen MR) is 183 cm³/mol. The molecule has 0 spiro atoms. The predicted octanol–water partition coefficient (Wildman–Crippen LogP) is 5.25. The van der Waals surface area contributed by atoms with E-state index in [1.165, 1.54) is 0 Å². The van der Waals surface area contributed by atoms with Gasteiger partial charge >= 0.3 is 7.59 Å². The van der Waals surface area contributed by atoms with E-state index in [0.717, 1.165) is 11.3 Å². The number of ether oxygens (including phenoxy) is 2. The van der Waals surface area contributed by atoms with Gasteiger partial charge in [0.05, 0.1) is 37.3 Å². The van der Waals surface area contributed by atoms with Crippen LogP contribution in [0.25, 0.3) is 5.69 Å². The minimum absolute atomic E-state index is 0.246. The number of nitrogens with zero attached hydrogens (tertiary/aromatic N) is 3. The smallest absolute Gasteiger partial charge is 0.311 e. The summed E-state index contributed by atoms with van der Waals surface area (Å²) in [6.45, 7) is 9.12. The Morgan fingerprint density at radius 2 is 1.22 bits per heavy atom. The lowest BCUT2D eigenvalue weighted by Gasteiger charge is -2.41. The topological polar surface area (TPSA) is 105 Å². The summed E-state index contributed by atoms with van der Waals surface area (Å²) in [7, 11) is -7.35. The van der Waals surface area contributed by atoms with Gasteiger partial charge in [-0.15, -0.1) is 0 Å². The third-order valence-electron chi connectivity index (χ3n) is 8.62. The van der Waals surface area contributed by atoms with Crippen molar-refractivity contribution in [3.05, 3.63) is 107 Å². The van der Waals surface area contributed by atoms with Crippen molar-refractivity contribution in [1.82, 2.24) is 19.0 Å². The van der Waals surface area contributed by atoms with Crippen LogP contribution in [0, 0.1) is 20.8 Å². The fourth-order valence-corrected chi connectivity index (χ4v) is 11.5. The molecule has 12 heteroatoms. The molecule has 1 atom stereocenters. The van der Waals surface area contributed by atoms with Gasteiger partial charge in [-0.25, -0.2) is 9.34 Å². The van der Waals surface area contributed by atoms with E-state index in [4.69, 9.17) is 9.47 Å². The first-order chi connectivity index (χ1) is 22.2. The Bertz CT molecular complexity index is 1750. The third kappa shape index (κ3) is 6.26. The number of hydrogen-bond acceptors (Lipinski definition) is 5. The summed E-state index contributed by atoms with van der Waals surface area (Å²) in [5, 5.41) is 7.31. The van der Waals surface area contributed by atoms with Crippen LogP contribution >= 0.6 is 14.9 Å². The molecule has 2 aliphatic heterocycles. The largest absolute Gasteiger partial charge is 0.379 e. The fraction of sp³-hybridized carbons (Fsp3) is 0.324. The molecular weight excluding hydrogens is 620 g/mol. The van der Waals surface area contributed by atoms with Crippen molar-refractivity contribution in [1.29, 1.82) is 0 Å². The molecule has 2 N–H and O–H groups in total. The highest BCUT2D eigenvalue weighted by Crippen LogP contribution is 2.51. The lowest BCUT2D eigenvalue weighted by atomic mass is 10.2. The third-order valence-corrected chi connectivity index (χ3v) is 14.2. The number of anilines is 1. The van der Waals surface area contributed by atoms with Gasteiger partial charge in [0.2, 0.25) is 7.29 Å². The average molecular weight is 662 g/mol. The number of rotatable bonds is 9. The van der Waals surface area contributed by atoms with Gasteiger partial charge in [-0.3, -0.25) is 19.0 Å². The van der Waals surface area contributed by atoms with E-state index in [2.05, 4.69) is 10.2 Å². The molecule has 0 aliphatic carbocycles. The molecule has 0 bridgehead atoms. The summed E-state index contributed by atoms with van der Waals surface area (Å²) >= 11 is 0. The zero-order valence-electron chi connectivity index (χ0n) is 26.5. The number of amides is 1. The molecule has 1 unspecified atom stereocenters. The molecule has 0 saturated carbocycles. The lowest BCUT2D eigenvalue weighted by Crippen LogP contribution is -2.48. The van der Waals surface area contributed by atoms with Crippen LogP contribution in [-0.2, 0) is 18.6 Å². The average Bonchev–Trinajstić information content (AvgIpc) is 3.36. The van der Waals surface area contributed by atoms with Crippen molar-refractivity contribution in [2.75, 3.05) is 57.7 Å². The highest BCUT2D eigenvalue weighted by molar-refractivity contribution is 7.80. The number of aromatic nitrogens is 1. The molecule has 2 saturated heterocycles. The molecule has 0 radical (unpaired) electrons. The Morgan fingerprint density at radius 1 is 0.696 bits per heavy atom. The molecular formula is C34H41N5O5P2. The molecule has 10 nitrogen and oxygen atoms in total. The molecule has 3 heterocycles. The van der Waals surface area contributed by atoms with Crippen LogP contribution in [-0.4, -0.2) is 72.4 Å².